The number of amides is 1. The van der Waals surface area contributed by atoms with E-state index in [-0.39, 0.29) is 30.8 Å². The summed E-state index contributed by atoms with van der Waals surface area (Å²) in [7, 11) is 0. The molecule has 1 aliphatic heterocycles. The Hall–Kier alpha value is -1.59. The van der Waals surface area contributed by atoms with Crippen LogP contribution in [0.2, 0.25) is 0 Å². The van der Waals surface area contributed by atoms with Gasteiger partial charge in [0.2, 0.25) is 5.91 Å². The number of carbonyl (C=O) groups excluding carboxylic acids is 1. The highest BCUT2D eigenvalue weighted by molar-refractivity contribution is 5.92. The van der Waals surface area contributed by atoms with E-state index in [1.807, 2.05) is 11.0 Å². The normalized spacial score (nSPS) is 20.3. The van der Waals surface area contributed by atoms with Crippen molar-refractivity contribution >= 4 is 30.0 Å². The van der Waals surface area contributed by atoms with Gasteiger partial charge in [-0.1, -0.05) is 6.07 Å². The summed E-state index contributed by atoms with van der Waals surface area (Å²) < 4.78 is 0. The fourth-order valence-corrected chi connectivity index (χ4v) is 3.23. The number of anilines is 1. The van der Waals surface area contributed by atoms with Gasteiger partial charge in [0.1, 0.15) is 0 Å². The Labute approximate surface area is 136 Å². The molecular weight excluding hydrogens is 304 g/mol. The number of aryl methyl sites for hydroxylation is 2. The number of nitrogens with one attached hydrogen (secondary N) is 1. The van der Waals surface area contributed by atoms with Gasteiger partial charge >= 0.3 is 5.97 Å². The average molecular weight is 325 g/mol. The lowest BCUT2D eigenvalue weighted by Crippen LogP contribution is -2.32. The van der Waals surface area contributed by atoms with E-state index in [4.69, 9.17) is 5.11 Å². The molecule has 1 aliphatic carbocycles. The first-order valence-corrected chi connectivity index (χ1v) is 7.48. The number of carboxylic acids is 1. The summed E-state index contributed by atoms with van der Waals surface area (Å²) in [6, 6.07) is 6.10. The zero-order chi connectivity index (χ0) is 14.8. The molecule has 0 aromatic heterocycles. The smallest absolute Gasteiger partial charge is 0.307 e. The third-order valence-electron chi connectivity index (χ3n) is 4.37. The lowest BCUT2D eigenvalue weighted by Gasteiger charge is -2.15. The second kappa shape index (κ2) is 7.11. The highest BCUT2D eigenvalue weighted by Crippen LogP contribution is 2.25. The second-order valence-electron chi connectivity index (χ2n) is 5.94. The number of carboxylic acid groups (broad SMARTS) is 1. The SMILES string of the molecule is Cl.O=C(CN1CCC(C(=O)O)C1)Nc1ccc2c(c1)CCC2. The molecule has 1 saturated heterocycles. The van der Waals surface area contributed by atoms with E-state index < -0.39 is 5.97 Å². The van der Waals surface area contributed by atoms with Crippen LogP contribution in [0.15, 0.2) is 18.2 Å². The van der Waals surface area contributed by atoms with Gasteiger partial charge in [0, 0.05) is 12.2 Å². The molecule has 1 aromatic carbocycles. The summed E-state index contributed by atoms with van der Waals surface area (Å²) in [5.74, 6) is -1.17. The van der Waals surface area contributed by atoms with Crippen LogP contribution in [-0.4, -0.2) is 41.5 Å². The minimum absolute atomic E-state index is 0. The minimum atomic E-state index is -0.767. The van der Waals surface area contributed by atoms with E-state index >= 15 is 0 Å². The molecule has 6 heteroatoms. The highest BCUT2D eigenvalue weighted by atomic mass is 35.5. The van der Waals surface area contributed by atoms with Crippen molar-refractivity contribution in [2.24, 2.45) is 5.92 Å². The summed E-state index contributed by atoms with van der Waals surface area (Å²) in [4.78, 5) is 24.9. The first-order chi connectivity index (χ1) is 10.1. The maximum atomic E-state index is 12.0. The molecule has 1 fully saturated rings. The average Bonchev–Trinajstić information content (AvgIpc) is 3.06. The van der Waals surface area contributed by atoms with Gasteiger partial charge in [0.25, 0.3) is 0 Å². The minimum Gasteiger partial charge on any atom is -0.481 e. The standard InChI is InChI=1S/C16H20N2O3.ClH/c19-15(10-18-7-6-13(9-18)16(20)21)17-14-5-4-11-2-1-3-12(11)8-14;/h4-5,8,13H,1-3,6-7,9-10H2,(H,17,19)(H,20,21);1H. The van der Waals surface area contributed by atoms with Gasteiger partial charge in [-0.05, 0) is 55.5 Å². The molecule has 22 heavy (non-hydrogen) atoms. The molecule has 120 valence electrons. The molecule has 1 heterocycles. The van der Waals surface area contributed by atoms with Gasteiger partial charge in [-0.2, -0.15) is 0 Å². The first kappa shape index (κ1) is 16.8. The molecular formula is C16H21ClN2O3. The molecule has 3 rings (SSSR count). The van der Waals surface area contributed by atoms with E-state index in [1.54, 1.807) is 0 Å². The molecule has 1 amide bonds. The van der Waals surface area contributed by atoms with Crippen LogP contribution >= 0.6 is 12.4 Å². The lowest BCUT2D eigenvalue weighted by molar-refractivity contribution is -0.141. The monoisotopic (exact) mass is 324 g/mol. The van der Waals surface area contributed by atoms with Crippen LogP contribution in [0.5, 0.6) is 0 Å². The topological polar surface area (TPSA) is 69.6 Å². The third-order valence-corrected chi connectivity index (χ3v) is 4.37. The van der Waals surface area contributed by atoms with Crippen molar-refractivity contribution in [2.45, 2.75) is 25.7 Å². The molecule has 2 aliphatic rings. The molecule has 5 nitrogen and oxygen atoms in total. The van der Waals surface area contributed by atoms with E-state index in [0.717, 1.165) is 18.5 Å². The molecule has 1 aromatic rings. The fourth-order valence-electron chi connectivity index (χ4n) is 3.23. The van der Waals surface area contributed by atoms with Crippen LogP contribution in [0.4, 0.5) is 5.69 Å². The van der Waals surface area contributed by atoms with E-state index in [0.29, 0.717) is 19.5 Å². The number of nitrogens with zero attached hydrogens (tertiary/aromatic N) is 1. The van der Waals surface area contributed by atoms with Gasteiger partial charge < -0.3 is 10.4 Å². The molecule has 2 N–H and O–H groups in total. The highest BCUT2D eigenvalue weighted by Gasteiger charge is 2.28. The van der Waals surface area contributed by atoms with Crippen molar-refractivity contribution in [3.05, 3.63) is 29.3 Å². The molecule has 0 bridgehead atoms. The quantitative estimate of drug-likeness (QED) is 0.888. The molecule has 1 atom stereocenters. The first-order valence-electron chi connectivity index (χ1n) is 7.48. The summed E-state index contributed by atoms with van der Waals surface area (Å²) in [6.45, 7) is 1.41. The Balaban J connectivity index is 0.00000176. The number of likely N-dealkylation sites (tertiary alicyclic amines) is 1. The van der Waals surface area contributed by atoms with Crippen LogP contribution in [-0.2, 0) is 22.4 Å². The predicted molar refractivity (Wildman–Crippen MR) is 86.5 cm³/mol. The zero-order valence-electron chi connectivity index (χ0n) is 12.4. The number of carbonyl (C=O) groups is 2. The van der Waals surface area contributed by atoms with Crippen LogP contribution in [0.1, 0.15) is 24.0 Å². The second-order valence-corrected chi connectivity index (χ2v) is 5.94. The van der Waals surface area contributed by atoms with Gasteiger partial charge in [-0.25, -0.2) is 0 Å². The maximum absolute atomic E-state index is 12.0. The zero-order valence-corrected chi connectivity index (χ0v) is 13.2. The number of rotatable bonds is 4. The van der Waals surface area contributed by atoms with E-state index in [1.165, 1.54) is 17.5 Å². The summed E-state index contributed by atoms with van der Waals surface area (Å²) in [5, 5.41) is 11.9. The fraction of sp³-hybridized carbons (Fsp3) is 0.500. The summed E-state index contributed by atoms with van der Waals surface area (Å²) >= 11 is 0. The number of halogens is 1. The number of benzene rings is 1. The largest absolute Gasteiger partial charge is 0.481 e. The Morgan fingerprint density at radius 3 is 2.77 bits per heavy atom. The van der Waals surface area contributed by atoms with Crippen LogP contribution in [0, 0.1) is 5.92 Å². The number of hydrogen-bond acceptors (Lipinski definition) is 3. The van der Waals surface area contributed by atoms with Crippen molar-refractivity contribution in [3.63, 3.8) is 0 Å². The van der Waals surface area contributed by atoms with Crippen molar-refractivity contribution in [3.8, 4) is 0 Å². The third kappa shape index (κ3) is 3.78. The van der Waals surface area contributed by atoms with E-state index in [9.17, 15) is 9.59 Å². The Kier molecular flexibility index (Phi) is 5.42. The maximum Gasteiger partial charge on any atom is 0.307 e. The van der Waals surface area contributed by atoms with Gasteiger partial charge in [0.05, 0.1) is 12.5 Å². The van der Waals surface area contributed by atoms with Crippen molar-refractivity contribution in [1.82, 2.24) is 4.90 Å². The van der Waals surface area contributed by atoms with Gasteiger partial charge in [-0.15, -0.1) is 12.4 Å². The Morgan fingerprint density at radius 1 is 1.27 bits per heavy atom. The summed E-state index contributed by atoms with van der Waals surface area (Å²) in [6.07, 6.45) is 4.04. The Bertz CT molecular complexity index is 577. The van der Waals surface area contributed by atoms with Gasteiger partial charge in [-0.3, -0.25) is 14.5 Å². The molecule has 0 saturated carbocycles. The molecule has 1 unspecified atom stereocenters. The van der Waals surface area contributed by atoms with E-state index in [2.05, 4.69) is 17.4 Å². The molecule has 0 spiro atoms. The van der Waals surface area contributed by atoms with Gasteiger partial charge in [0.15, 0.2) is 0 Å². The van der Waals surface area contributed by atoms with Crippen LogP contribution in [0.3, 0.4) is 0 Å². The number of hydrogen-bond donors (Lipinski definition) is 2. The predicted octanol–water partition coefficient (Wildman–Crippen LogP) is 1.94. The van der Waals surface area contributed by atoms with Crippen LogP contribution in [0.25, 0.3) is 0 Å². The van der Waals surface area contributed by atoms with Crippen molar-refractivity contribution in [1.29, 1.82) is 0 Å². The Morgan fingerprint density at radius 2 is 2.05 bits per heavy atom. The summed E-state index contributed by atoms with van der Waals surface area (Å²) in [5.41, 5.74) is 3.56. The van der Waals surface area contributed by atoms with Crippen molar-refractivity contribution in [2.75, 3.05) is 25.0 Å². The molecule has 0 radical (unpaired) electrons. The number of fused-ring (bicyclic) bond motifs is 1. The van der Waals surface area contributed by atoms with Crippen LogP contribution < -0.4 is 5.32 Å². The lowest BCUT2D eigenvalue weighted by atomic mass is 10.1. The van der Waals surface area contributed by atoms with Crippen molar-refractivity contribution < 1.29 is 14.7 Å². The number of aliphatic carboxylic acids is 1.